The quantitative estimate of drug-likeness (QED) is 0.649. The van der Waals surface area contributed by atoms with Crippen LogP contribution in [0.15, 0.2) is 24.3 Å². The molecule has 0 aromatic heterocycles. The van der Waals surface area contributed by atoms with E-state index in [0.717, 1.165) is 5.56 Å². The summed E-state index contributed by atoms with van der Waals surface area (Å²) in [5.74, 6) is 0.284. The fraction of sp³-hybridized carbons (Fsp3) is 0.143. The zero-order valence-electron chi connectivity index (χ0n) is 5.45. The van der Waals surface area contributed by atoms with Gasteiger partial charge in [-0.15, -0.1) is 12.4 Å². The molecular formula is C7H10ClNO. The van der Waals surface area contributed by atoms with Crippen molar-refractivity contribution in [3.8, 4) is 5.75 Å². The predicted molar refractivity (Wildman–Crippen MR) is 43.2 cm³/mol. The Balaban J connectivity index is 0.000000810. The maximum Gasteiger partial charge on any atom is 0.115 e. The monoisotopic (exact) mass is 159 g/mol. The van der Waals surface area contributed by atoms with Gasteiger partial charge in [-0.05, 0) is 17.7 Å². The number of aromatic hydroxyl groups is 1. The third-order valence-electron chi connectivity index (χ3n) is 1.17. The highest BCUT2D eigenvalue weighted by Crippen LogP contribution is 2.08. The summed E-state index contributed by atoms with van der Waals surface area (Å²) in [4.78, 5) is 0. The minimum atomic E-state index is 0. The molecule has 3 N–H and O–H groups in total. The Bertz CT molecular complexity index is 185. The van der Waals surface area contributed by atoms with Crippen molar-refractivity contribution in [3.63, 3.8) is 0 Å². The van der Waals surface area contributed by atoms with Gasteiger partial charge < -0.3 is 10.8 Å². The standard InChI is InChI=1S/C7H9NO.ClH/c8-5-6-1-3-7(9)4-2-6;/h1-4,9H,5,8H2;1H. The van der Waals surface area contributed by atoms with E-state index in [4.69, 9.17) is 10.8 Å². The maximum absolute atomic E-state index is 8.81. The van der Waals surface area contributed by atoms with Gasteiger partial charge in [-0.1, -0.05) is 12.1 Å². The van der Waals surface area contributed by atoms with Crippen LogP contribution in [-0.2, 0) is 6.54 Å². The molecule has 0 fully saturated rings. The van der Waals surface area contributed by atoms with Gasteiger partial charge in [0.05, 0.1) is 0 Å². The number of phenolic OH excluding ortho intramolecular Hbond substituents is 1. The topological polar surface area (TPSA) is 46.2 Å². The van der Waals surface area contributed by atoms with Crippen LogP contribution in [0.4, 0.5) is 0 Å². The summed E-state index contributed by atoms with van der Waals surface area (Å²) in [5, 5.41) is 8.81. The first kappa shape index (κ1) is 9.27. The third-order valence-corrected chi connectivity index (χ3v) is 1.17. The van der Waals surface area contributed by atoms with E-state index in [2.05, 4.69) is 0 Å². The van der Waals surface area contributed by atoms with Crippen LogP contribution in [-0.4, -0.2) is 5.11 Å². The fourth-order valence-corrected chi connectivity index (χ4v) is 0.632. The average Bonchev–Trinajstić information content (AvgIpc) is 1.90. The predicted octanol–water partition coefficient (Wildman–Crippen LogP) is 1.27. The Morgan fingerprint density at radius 3 is 2.10 bits per heavy atom. The van der Waals surface area contributed by atoms with Crippen molar-refractivity contribution in [3.05, 3.63) is 29.8 Å². The van der Waals surface area contributed by atoms with E-state index < -0.39 is 0 Å². The van der Waals surface area contributed by atoms with Crippen LogP contribution in [0, 0.1) is 0 Å². The normalized spacial score (nSPS) is 8.50. The number of hydrogen-bond donors (Lipinski definition) is 2. The molecule has 0 aliphatic rings. The lowest BCUT2D eigenvalue weighted by atomic mass is 10.2. The molecule has 0 amide bonds. The molecule has 2 nitrogen and oxygen atoms in total. The molecule has 3 heteroatoms. The largest absolute Gasteiger partial charge is 0.508 e. The van der Waals surface area contributed by atoms with Crippen molar-refractivity contribution in [2.24, 2.45) is 5.73 Å². The Kier molecular flexibility index (Phi) is 3.84. The second-order valence-electron chi connectivity index (χ2n) is 1.87. The molecule has 1 aromatic carbocycles. The first-order chi connectivity index (χ1) is 4.33. The van der Waals surface area contributed by atoms with Gasteiger partial charge in [0.15, 0.2) is 0 Å². The van der Waals surface area contributed by atoms with Crippen molar-refractivity contribution < 1.29 is 5.11 Å². The minimum absolute atomic E-state index is 0. The zero-order chi connectivity index (χ0) is 6.69. The van der Waals surface area contributed by atoms with Crippen molar-refractivity contribution in [2.45, 2.75) is 6.54 Å². The number of halogens is 1. The molecule has 0 saturated heterocycles. The molecule has 10 heavy (non-hydrogen) atoms. The van der Waals surface area contributed by atoms with Crippen LogP contribution in [0.25, 0.3) is 0 Å². The van der Waals surface area contributed by atoms with Gasteiger partial charge in [-0.3, -0.25) is 0 Å². The van der Waals surface area contributed by atoms with Crippen molar-refractivity contribution in [1.29, 1.82) is 0 Å². The van der Waals surface area contributed by atoms with E-state index in [1.54, 1.807) is 24.3 Å². The van der Waals surface area contributed by atoms with E-state index in [1.165, 1.54) is 0 Å². The lowest BCUT2D eigenvalue weighted by Gasteiger charge is -1.93. The third kappa shape index (κ3) is 2.25. The van der Waals surface area contributed by atoms with Gasteiger partial charge in [-0.2, -0.15) is 0 Å². The Morgan fingerprint density at radius 2 is 1.70 bits per heavy atom. The minimum Gasteiger partial charge on any atom is -0.508 e. The van der Waals surface area contributed by atoms with Crippen LogP contribution in [0.5, 0.6) is 5.75 Å². The SMILES string of the molecule is Cl.NCc1ccc(O)cc1. The van der Waals surface area contributed by atoms with E-state index in [9.17, 15) is 0 Å². The number of benzene rings is 1. The maximum atomic E-state index is 8.81. The molecule has 0 bridgehead atoms. The molecule has 1 rings (SSSR count). The van der Waals surface area contributed by atoms with E-state index in [1.807, 2.05) is 0 Å². The summed E-state index contributed by atoms with van der Waals surface area (Å²) < 4.78 is 0. The summed E-state index contributed by atoms with van der Waals surface area (Å²) in [7, 11) is 0. The van der Waals surface area contributed by atoms with Crippen LogP contribution < -0.4 is 5.73 Å². The molecule has 56 valence electrons. The summed E-state index contributed by atoms with van der Waals surface area (Å²) in [6, 6.07) is 6.86. The number of rotatable bonds is 1. The summed E-state index contributed by atoms with van der Waals surface area (Å²) in [6.45, 7) is 0.528. The van der Waals surface area contributed by atoms with Crippen LogP contribution in [0.2, 0.25) is 0 Å². The van der Waals surface area contributed by atoms with E-state index in [0.29, 0.717) is 6.54 Å². The molecule has 0 heterocycles. The van der Waals surface area contributed by atoms with Gasteiger partial charge in [0, 0.05) is 6.54 Å². The highest BCUT2D eigenvalue weighted by atomic mass is 35.5. The fourth-order valence-electron chi connectivity index (χ4n) is 0.632. The lowest BCUT2D eigenvalue weighted by molar-refractivity contribution is 0.475. The molecule has 0 spiro atoms. The van der Waals surface area contributed by atoms with Gasteiger partial charge >= 0.3 is 0 Å². The molecule has 0 radical (unpaired) electrons. The second kappa shape index (κ2) is 4.14. The van der Waals surface area contributed by atoms with Gasteiger partial charge in [0.2, 0.25) is 0 Å². The smallest absolute Gasteiger partial charge is 0.115 e. The second-order valence-corrected chi connectivity index (χ2v) is 1.87. The molecule has 0 saturated carbocycles. The molecule has 0 aliphatic heterocycles. The van der Waals surface area contributed by atoms with Crippen LogP contribution >= 0.6 is 12.4 Å². The number of nitrogens with two attached hydrogens (primary N) is 1. The Labute approximate surface area is 66.1 Å². The van der Waals surface area contributed by atoms with E-state index in [-0.39, 0.29) is 18.2 Å². The van der Waals surface area contributed by atoms with Gasteiger partial charge in [0.1, 0.15) is 5.75 Å². The Hall–Kier alpha value is -0.730. The van der Waals surface area contributed by atoms with Crippen LogP contribution in [0.3, 0.4) is 0 Å². The van der Waals surface area contributed by atoms with Gasteiger partial charge in [-0.25, -0.2) is 0 Å². The summed E-state index contributed by atoms with van der Waals surface area (Å²) in [5.41, 5.74) is 6.35. The molecule has 0 unspecified atom stereocenters. The first-order valence-corrected chi connectivity index (χ1v) is 2.81. The summed E-state index contributed by atoms with van der Waals surface area (Å²) >= 11 is 0. The molecule has 0 aliphatic carbocycles. The van der Waals surface area contributed by atoms with Crippen molar-refractivity contribution in [2.75, 3.05) is 0 Å². The zero-order valence-corrected chi connectivity index (χ0v) is 6.27. The Morgan fingerprint density at radius 1 is 1.20 bits per heavy atom. The lowest BCUT2D eigenvalue weighted by Crippen LogP contribution is -1.94. The highest BCUT2D eigenvalue weighted by Gasteiger charge is 1.86. The molecular weight excluding hydrogens is 150 g/mol. The van der Waals surface area contributed by atoms with Gasteiger partial charge in [0.25, 0.3) is 0 Å². The average molecular weight is 160 g/mol. The number of phenols is 1. The summed E-state index contributed by atoms with van der Waals surface area (Å²) in [6.07, 6.45) is 0. The molecule has 0 atom stereocenters. The van der Waals surface area contributed by atoms with Crippen molar-refractivity contribution >= 4 is 12.4 Å². The molecule has 1 aromatic rings. The highest BCUT2D eigenvalue weighted by molar-refractivity contribution is 5.85. The number of hydrogen-bond acceptors (Lipinski definition) is 2. The van der Waals surface area contributed by atoms with Crippen molar-refractivity contribution in [1.82, 2.24) is 0 Å². The van der Waals surface area contributed by atoms with E-state index >= 15 is 0 Å². The first-order valence-electron chi connectivity index (χ1n) is 2.81. The van der Waals surface area contributed by atoms with Crippen LogP contribution in [0.1, 0.15) is 5.56 Å².